The fraction of sp³-hybridized carbons (Fsp3) is 0.412. The number of carbonyl (C=O) groups is 1. The van der Waals surface area contributed by atoms with E-state index < -0.39 is 0 Å². The fourth-order valence-corrected chi connectivity index (χ4v) is 3.09. The molecule has 0 spiro atoms. The van der Waals surface area contributed by atoms with Gasteiger partial charge in [-0.25, -0.2) is 0 Å². The summed E-state index contributed by atoms with van der Waals surface area (Å²) >= 11 is 0. The molecule has 0 bridgehead atoms. The Bertz CT molecular complexity index is 648. The summed E-state index contributed by atoms with van der Waals surface area (Å²) in [6, 6.07) is 7.72. The maximum absolute atomic E-state index is 12.5. The van der Waals surface area contributed by atoms with Crippen molar-refractivity contribution in [1.82, 2.24) is 10.3 Å². The van der Waals surface area contributed by atoms with Crippen LogP contribution in [0.1, 0.15) is 48.0 Å². The van der Waals surface area contributed by atoms with Crippen molar-refractivity contribution in [2.24, 2.45) is 0 Å². The minimum Gasteiger partial charge on any atom is -0.392 e. The summed E-state index contributed by atoms with van der Waals surface area (Å²) in [7, 11) is 0. The van der Waals surface area contributed by atoms with Crippen LogP contribution in [0.4, 0.5) is 0 Å². The molecule has 1 fully saturated rings. The van der Waals surface area contributed by atoms with Gasteiger partial charge in [0, 0.05) is 28.8 Å². The third-order valence-electron chi connectivity index (χ3n) is 4.22. The van der Waals surface area contributed by atoms with E-state index in [2.05, 4.69) is 10.3 Å². The SMILES string of the molecule is O=C(NC1CCCCC1)c1ccc2cccnc2c1CO. The number of amides is 1. The lowest BCUT2D eigenvalue weighted by atomic mass is 9.95. The Labute approximate surface area is 124 Å². The molecule has 0 atom stereocenters. The van der Waals surface area contributed by atoms with E-state index in [0.29, 0.717) is 16.6 Å². The Morgan fingerprint density at radius 3 is 2.81 bits per heavy atom. The number of hydrogen-bond donors (Lipinski definition) is 2. The number of aliphatic hydroxyl groups excluding tert-OH is 1. The molecule has 3 rings (SSSR count). The number of carbonyl (C=O) groups excluding carboxylic acids is 1. The molecule has 110 valence electrons. The predicted octanol–water partition coefficient (Wildman–Crippen LogP) is 2.79. The van der Waals surface area contributed by atoms with Crippen molar-refractivity contribution in [3.8, 4) is 0 Å². The highest BCUT2D eigenvalue weighted by Crippen LogP contribution is 2.22. The zero-order chi connectivity index (χ0) is 14.7. The number of fused-ring (bicyclic) bond motifs is 1. The van der Waals surface area contributed by atoms with Crippen LogP contribution in [0.3, 0.4) is 0 Å². The van der Waals surface area contributed by atoms with Gasteiger partial charge in [-0.15, -0.1) is 0 Å². The number of nitrogens with one attached hydrogen (secondary N) is 1. The van der Waals surface area contributed by atoms with E-state index in [1.54, 1.807) is 12.3 Å². The van der Waals surface area contributed by atoms with Crippen LogP contribution >= 0.6 is 0 Å². The molecule has 2 aromatic rings. The number of pyridine rings is 1. The Hall–Kier alpha value is -1.94. The molecule has 1 aliphatic carbocycles. The second kappa shape index (κ2) is 6.22. The van der Waals surface area contributed by atoms with Gasteiger partial charge in [-0.1, -0.05) is 31.4 Å². The van der Waals surface area contributed by atoms with Crippen LogP contribution in [0.5, 0.6) is 0 Å². The molecule has 1 aromatic heterocycles. The summed E-state index contributed by atoms with van der Waals surface area (Å²) in [4.78, 5) is 16.8. The minimum atomic E-state index is -0.179. The van der Waals surface area contributed by atoms with Crippen LogP contribution in [0.25, 0.3) is 10.9 Å². The fourth-order valence-electron chi connectivity index (χ4n) is 3.09. The summed E-state index contributed by atoms with van der Waals surface area (Å²) in [5, 5.41) is 13.7. The third kappa shape index (κ3) is 2.90. The first-order valence-corrected chi connectivity index (χ1v) is 7.58. The van der Waals surface area contributed by atoms with Crippen molar-refractivity contribution >= 4 is 16.8 Å². The van der Waals surface area contributed by atoms with Gasteiger partial charge in [0.15, 0.2) is 0 Å². The van der Waals surface area contributed by atoms with Gasteiger partial charge in [-0.05, 0) is 25.0 Å². The average Bonchev–Trinajstić information content (AvgIpc) is 2.54. The van der Waals surface area contributed by atoms with Crippen molar-refractivity contribution < 1.29 is 9.90 Å². The second-order valence-electron chi connectivity index (χ2n) is 5.63. The summed E-state index contributed by atoms with van der Waals surface area (Å²) in [6.07, 6.45) is 7.39. The van der Waals surface area contributed by atoms with Crippen molar-refractivity contribution in [3.05, 3.63) is 41.6 Å². The lowest BCUT2D eigenvalue weighted by molar-refractivity contribution is 0.0925. The Morgan fingerprint density at radius 1 is 1.24 bits per heavy atom. The molecule has 1 amide bonds. The number of nitrogens with zero attached hydrogens (tertiary/aromatic N) is 1. The first-order chi connectivity index (χ1) is 10.3. The number of benzene rings is 1. The smallest absolute Gasteiger partial charge is 0.251 e. The van der Waals surface area contributed by atoms with Crippen LogP contribution in [-0.4, -0.2) is 22.0 Å². The quantitative estimate of drug-likeness (QED) is 0.911. The molecular formula is C17H20N2O2. The number of hydrogen-bond acceptors (Lipinski definition) is 3. The molecule has 0 saturated heterocycles. The lowest BCUT2D eigenvalue weighted by Gasteiger charge is -2.23. The molecule has 0 aliphatic heterocycles. The van der Waals surface area contributed by atoms with E-state index in [0.717, 1.165) is 18.2 Å². The molecular weight excluding hydrogens is 264 g/mol. The van der Waals surface area contributed by atoms with E-state index >= 15 is 0 Å². The molecule has 21 heavy (non-hydrogen) atoms. The van der Waals surface area contributed by atoms with Gasteiger partial charge in [-0.3, -0.25) is 9.78 Å². The van der Waals surface area contributed by atoms with Gasteiger partial charge in [-0.2, -0.15) is 0 Å². The van der Waals surface area contributed by atoms with E-state index in [9.17, 15) is 9.90 Å². The minimum absolute atomic E-state index is 0.0986. The van der Waals surface area contributed by atoms with Gasteiger partial charge >= 0.3 is 0 Å². The molecule has 4 nitrogen and oxygen atoms in total. The van der Waals surface area contributed by atoms with Crippen LogP contribution in [0.2, 0.25) is 0 Å². The Morgan fingerprint density at radius 2 is 2.05 bits per heavy atom. The van der Waals surface area contributed by atoms with Crippen LogP contribution in [-0.2, 0) is 6.61 Å². The maximum Gasteiger partial charge on any atom is 0.251 e. The van der Waals surface area contributed by atoms with Crippen molar-refractivity contribution in [2.75, 3.05) is 0 Å². The lowest BCUT2D eigenvalue weighted by Crippen LogP contribution is -2.36. The summed E-state index contributed by atoms with van der Waals surface area (Å²) < 4.78 is 0. The van der Waals surface area contributed by atoms with Gasteiger partial charge in [0.1, 0.15) is 0 Å². The molecule has 1 aliphatic rings. The van der Waals surface area contributed by atoms with Gasteiger partial charge in [0.25, 0.3) is 5.91 Å². The van der Waals surface area contributed by atoms with E-state index in [-0.39, 0.29) is 18.6 Å². The molecule has 1 aromatic carbocycles. The third-order valence-corrected chi connectivity index (χ3v) is 4.22. The number of aromatic nitrogens is 1. The molecule has 0 radical (unpaired) electrons. The summed E-state index contributed by atoms with van der Waals surface area (Å²) in [5.41, 5.74) is 1.85. The standard InChI is InChI=1S/C17H20N2O2/c20-11-15-14(9-8-12-5-4-10-18-16(12)15)17(21)19-13-6-2-1-3-7-13/h4-5,8-10,13,20H,1-3,6-7,11H2,(H,19,21). The van der Waals surface area contributed by atoms with Crippen molar-refractivity contribution in [3.63, 3.8) is 0 Å². The highest BCUT2D eigenvalue weighted by Gasteiger charge is 2.19. The van der Waals surface area contributed by atoms with Gasteiger partial charge < -0.3 is 10.4 Å². The molecule has 0 unspecified atom stereocenters. The van der Waals surface area contributed by atoms with E-state index in [1.807, 2.05) is 18.2 Å². The molecule has 1 saturated carbocycles. The van der Waals surface area contributed by atoms with Crippen LogP contribution in [0.15, 0.2) is 30.5 Å². The highest BCUT2D eigenvalue weighted by molar-refractivity contribution is 6.00. The first-order valence-electron chi connectivity index (χ1n) is 7.58. The maximum atomic E-state index is 12.5. The Kier molecular flexibility index (Phi) is 4.15. The molecule has 2 N–H and O–H groups in total. The van der Waals surface area contributed by atoms with Crippen LogP contribution in [0, 0.1) is 0 Å². The zero-order valence-electron chi connectivity index (χ0n) is 12.0. The zero-order valence-corrected chi connectivity index (χ0v) is 12.0. The van der Waals surface area contributed by atoms with Gasteiger partial charge in [0.2, 0.25) is 0 Å². The van der Waals surface area contributed by atoms with E-state index in [4.69, 9.17) is 0 Å². The first kappa shape index (κ1) is 14.0. The highest BCUT2D eigenvalue weighted by atomic mass is 16.3. The summed E-state index contributed by atoms with van der Waals surface area (Å²) in [6.45, 7) is -0.179. The van der Waals surface area contributed by atoms with Crippen molar-refractivity contribution in [1.29, 1.82) is 0 Å². The topological polar surface area (TPSA) is 62.2 Å². The molecule has 1 heterocycles. The second-order valence-corrected chi connectivity index (χ2v) is 5.63. The van der Waals surface area contributed by atoms with Crippen molar-refractivity contribution in [2.45, 2.75) is 44.8 Å². The average molecular weight is 284 g/mol. The largest absolute Gasteiger partial charge is 0.392 e. The monoisotopic (exact) mass is 284 g/mol. The Balaban J connectivity index is 1.90. The van der Waals surface area contributed by atoms with Gasteiger partial charge in [0.05, 0.1) is 12.1 Å². The van der Waals surface area contributed by atoms with Crippen LogP contribution < -0.4 is 5.32 Å². The van der Waals surface area contributed by atoms with E-state index in [1.165, 1.54) is 19.3 Å². The number of aliphatic hydroxyl groups is 1. The summed E-state index contributed by atoms with van der Waals surface area (Å²) in [5.74, 6) is -0.0986. The predicted molar refractivity (Wildman–Crippen MR) is 82.0 cm³/mol. The molecule has 4 heteroatoms. The number of rotatable bonds is 3. The normalized spacial score (nSPS) is 16.0.